The molecule has 0 radical (unpaired) electrons. The van der Waals surface area contributed by atoms with E-state index < -0.39 is 23.2 Å². The molecular weight excluding hydrogens is 431 g/mol. The van der Waals surface area contributed by atoms with Crippen LogP contribution in [0.4, 0.5) is 18.9 Å². The van der Waals surface area contributed by atoms with Gasteiger partial charge in [-0.1, -0.05) is 30.3 Å². The van der Waals surface area contributed by atoms with Gasteiger partial charge in [-0.25, -0.2) is 0 Å². The quantitative estimate of drug-likeness (QED) is 0.446. The normalized spacial score (nSPS) is 17.2. The summed E-state index contributed by atoms with van der Waals surface area (Å²) in [6, 6.07) is 12.8. The zero-order valence-corrected chi connectivity index (χ0v) is 17.2. The molecule has 1 N–H and O–H groups in total. The van der Waals surface area contributed by atoms with Gasteiger partial charge in [0.15, 0.2) is 0 Å². The molecule has 1 aliphatic rings. The first-order valence-corrected chi connectivity index (χ1v) is 10.8. The minimum Gasteiger partial charge on any atom is -0.375 e. The van der Waals surface area contributed by atoms with E-state index in [1.807, 2.05) is 30.3 Å². The van der Waals surface area contributed by atoms with E-state index in [1.165, 1.54) is 40.7 Å². The van der Waals surface area contributed by atoms with E-state index in [0.29, 0.717) is 18.2 Å². The standard InChI is InChI=1S/C21H20F3N3O3S/c22-21(23,24)20(28,13-25-8-9-31-14-25)18-12-26(11-15-4-2-1-3-5-15)19-10-16(27(29)30)6-7-17(18)19/h1-7,10,12,28H,8-9,11,13-14H2. The first-order valence-electron chi connectivity index (χ1n) is 9.60. The van der Waals surface area contributed by atoms with Crippen LogP contribution in [0.1, 0.15) is 11.1 Å². The second-order valence-corrected chi connectivity index (χ2v) is 8.64. The van der Waals surface area contributed by atoms with E-state index in [-0.39, 0.29) is 28.7 Å². The Morgan fingerprint density at radius 2 is 1.90 bits per heavy atom. The molecule has 1 atom stereocenters. The van der Waals surface area contributed by atoms with E-state index in [4.69, 9.17) is 0 Å². The Balaban J connectivity index is 1.88. The second-order valence-electron chi connectivity index (χ2n) is 7.56. The van der Waals surface area contributed by atoms with Crippen molar-refractivity contribution < 1.29 is 23.2 Å². The molecule has 4 rings (SSSR count). The van der Waals surface area contributed by atoms with Crippen LogP contribution in [-0.2, 0) is 12.1 Å². The largest absolute Gasteiger partial charge is 0.422 e. The number of aliphatic hydroxyl groups is 1. The van der Waals surface area contributed by atoms with E-state index in [1.54, 1.807) is 4.90 Å². The molecule has 3 aromatic rings. The van der Waals surface area contributed by atoms with Crippen LogP contribution in [0.25, 0.3) is 10.9 Å². The molecule has 1 fully saturated rings. The number of non-ortho nitro benzene ring substituents is 1. The van der Waals surface area contributed by atoms with E-state index in [9.17, 15) is 28.4 Å². The van der Waals surface area contributed by atoms with Gasteiger partial charge in [0, 0.05) is 60.5 Å². The van der Waals surface area contributed by atoms with Crippen molar-refractivity contribution in [3.63, 3.8) is 0 Å². The van der Waals surface area contributed by atoms with E-state index in [0.717, 1.165) is 5.56 Å². The average molecular weight is 451 g/mol. The van der Waals surface area contributed by atoms with Crippen molar-refractivity contribution in [1.29, 1.82) is 0 Å². The van der Waals surface area contributed by atoms with Crippen LogP contribution in [0, 0.1) is 10.1 Å². The van der Waals surface area contributed by atoms with Gasteiger partial charge in [-0.15, -0.1) is 11.8 Å². The predicted octanol–water partition coefficient (Wildman–Crippen LogP) is 4.35. The van der Waals surface area contributed by atoms with Crippen molar-refractivity contribution in [3.05, 3.63) is 76.0 Å². The molecule has 0 bridgehead atoms. The minimum atomic E-state index is -4.92. The van der Waals surface area contributed by atoms with Gasteiger partial charge in [0.05, 0.1) is 10.4 Å². The van der Waals surface area contributed by atoms with Gasteiger partial charge in [0.2, 0.25) is 5.60 Å². The van der Waals surface area contributed by atoms with Gasteiger partial charge in [0.1, 0.15) is 0 Å². The maximum Gasteiger partial charge on any atom is 0.422 e. The second kappa shape index (κ2) is 8.18. The number of rotatable bonds is 6. The van der Waals surface area contributed by atoms with Crippen molar-refractivity contribution in [1.82, 2.24) is 9.47 Å². The highest BCUT2D eigenvalue weighted by Gasteiger charge is 2.57. The number of hydrogen-bond acceptors (Lipinski definition) is 5. The van der Waals surface area contributed by atoms with Crippen molar-refractivity contribution in [2.45, 2.75) is 18.3 Å². The predicted molar refractivity (Wildman–Crippen MR) is 113 cm³/mol. The molecule has 1 aromatic heterocycles. The minimum absolute atomic E-state index is 0.146. The average Bonchev–Trinajstić information content (AvgIpc) is 3.35. The Morgan fingerprint density at radius 1 is 1.16 bits per heavy atom. The highest BCUT2D eigenvalue weighted by Crippen LogP contribution is 2.44. The van der Waals surface area contributed by atoms with Gasteiger partial charge in [-0.3, -0.25) is 15.0 Å². The zero-order valence-electron chi connectivity index (χ0n) is 16.4. The molecule has 31 heavy (non-hydrogen) atoms. The maximum absolute atomic E-state index is 14.2. The van der Waals surface area contributed by atoms with E-state index >= 15 is 0 Å². The molecule has 10 heteroatoms. The summed E-state index contributed by atoms with van der Waals surface area (Å²) in [4.78, 5) is 12.3. The van der Waals surface area contributed by atoms with Crippen molar-refractivity contribution in [3.8, 4) is 0 Å². The summed E-state index contributed by atoms with van der Waals surface area (Å²) >= 11 is 1.51. The molecule has 0 saturated carbocycles. The number of benzene rings is 2. The topological polar surface area (TPSA) is 71.5 Å². The number of hydrogen-bond donors (Lipinski definition) is 1. The maximum atomic E-state index is 14.2. The zero-order chi connectivity index (χ0) is 22.2. The fourth-order valence-corrected chi connectivity index (χ4v) is 4.86. The number of nitro groups is 1. The molecule has 1 aliphatic heterocycles. The first-order chi connectivity index (χ1) is 14.7. The Hall–Kier alpha value is -2.56. The third kappa shape index (κ3) is 4.15. The van der Waals surface area contributed by atoms with Crippen LogP contribution in [-0.4, -0.2) is 50.4 Å². The summed E-state index contributed by atoms with van der Waals surface area (Å²) in [6.07, 6.45) is -3.65. The van der Waals surface area contributed by atoms with Crippen molar-refractivity contribution in [2.24, 2.45) is 0 Å². The Bertz CT molecular complexity index is 1100. The SMILES string of the molecule is O=[N+]([O-])c1ccc2c(C(O)(CN3CCSC3)C(F)(F)F)cn(Cc3ccccc3)c2c1. The number of alkyl halides is 3. The highest BCUT2D eigenvalue weighted by atomic mass is 32.2. The lowest BCUT2D eigenvalue weighted by Gasteiger charge is -2.33. The summed E-state index contributed by atoms with van der Waals surface area (Å²) in [5.74, 6) is 1.11. The van der Waals surface area contributed by atoms with Gasteiger partial charge in [-0.05, 0) is 11.6 Å². The smallest absolute Gasteiger partial charge is 0.375 e. The van der Waals surface area contributed by atoms with Crippen LogP contribution in [0.5, 0.6) is 0 Å². The number of halogens is 3. The molecular formula is C21H20F3N3O3S. The van der Waals surface area contributed by atoms with Crippen LogP contribution >= 0.6 is 11.8 Å². The third-order valence-corrected chi connectivity index (χ3v) is 6.48. The van der Waals surface area contributed by atoms with Gasteiger partial charge in [0.25, 0.3) is 5.69 Å². The molecule has 2 aromatic carbocycles. The van der Waals surface area contributed by atoms with Crippen LogP contribution in [0.15, 0.2) is 54.7 Å². The van der Waals surface area contributed by atoms with Crippen molar-refractivity contribution in [2.75, 3.05) is 24.7 Å². The molecule has 0 spiro atoms. The molecule has 1 saturated heterocycles. The molecule has 2 heterocycles. The summed E-state index contributed by atoms with van der Waals surface area (Å²) < 4.78 is 44.2. The lowest BCUT2D eigenvalue weighted by Crippen LogP contribution is -2.50. The summed E-state index contributed by atoms with van der Waals surface area (Å²) in [6.45, 7) is 0.0775. The summed E-state index contributed by atoms with van der Waals surface area (Å²) in [5.41, 5.74) is -2.53. The molecule has 164 valence electrons. The van der Waals surface area contributed by atoms with Gasteiger partial charge < -0.3 is 9.67 Å². The lowest BCUT2D eigenvalue weighted by molar-refractivity contribution is -0.384. The molecule has 1 unspecified atom stereocenters. The Labute approximate surface area is 180 Å². The number of fused-ring (bicyclic) bond motifs is 1. The summed E-state index contributed by atoms with van der Waals surface area (Å²) in [5, 5.41) is 22.4. The lowest BCUT2D eigenvalue weighted by atomic mass is 9.92. The monoisotopic (exact) mass is 451 g/mol. The molecule has 0 amide bonds. The molecule has 6 nitrogen and oxygen atoms in total. The fraction of sp³-hybridized carbons (Fsp3) is 0.333. The van der Waals surface area contributed by atoms with Crippen LogP contribution in [0.3, 0.4) is 0 Å². The number of aromatic nitrogens is 1. The van der Waals surface area contributed by atoms with Crippen molar-refractivity contribution >= 4 is 28.4 Å². The fourth-order valence-electron chi connectivity index (χ4n) is 3.86. The van der Waals surface area contributed by atoms with Gasteiger partial charge >= 0.3 is 6.18 Å². The number of β-amino-alcohol motifs (C(OH)–C–C–N with tert-alkyl or cyclic N) is 1. The number of nitrogens with zero attached hydrogens (tertiary/aromatic N) is 3. The van der Waals surface area contributed by atoms with Crippen LogP contribution < -0.4 is 0 Å². The number of nitro benzene ring substituents is 1. The molecule has 0 aliphatic carbocycles. The number of thioether (sulfide) groups is 1. The Kier molecular flexibility index (Phi) is 5.71. The first kappa shape index (κ1) is 21.7. The van der Waals surface area contributed by atoms with Gasteiger partial charge in [-0.2, -0.15) is 13.2 Å². The highest BCUT2D eigenvalue weighted by molar-refractivity contribution is 7.99. The Morgan fingerprint density at radius 3 is 2.52 bits per heavy atom. The third-order valence-electron chi connectivity index (χ3n) is 5.47. The van der Waals surface area contributed by atoms with E-state index in [2.05, 4.69) is 0 Å². The van der Waals surface area contributed by atoms with Crippen LogP contribution in [0.2, 0.25) is 0 Å². The summed E-state index contributed by atoms with van der Waals surface area (Å²) in [7, 11) is 0.